The molecular weight excluding hydrogens is 428 g/mol. The first-order chi connectivity index (χ1) is 15.3. The quantitative estimate of drug-likeness (QED) is 0.715. The van der Waals surface area contributed by atoms with Crippen molar-refractivity contribution in [3.05, 3.63) is 59.7 Å². The van der Waals surface area contributed by atoms with Crippen LogP contribution in [0, 0.1) is 0 Å². The minimum absolute atomic E-state index is 0.00646. The average Bonchev–Trinajstić information content (AvgIpc) is 2.78. The first-order valence-electron chi connectivity index (χ1n) is 10.9. The van der Waals surface area contributed by atoms with E-state index in [1.807, 2.05) is 60.5 Å². The lowest BCUT2D eigenvalue weighted by molar-refractivity contribution is -0.0695. The van der Waals surface area contributed by atoms with Crippen molar-refractivity contribution in [1.29, 1.82) is 0 Å². The zero-order valence-corrected chi connectivity index (χ0v) is 19.4. The largest absolute Gasteiger partial charge is 0.487 e. The molecule has 1 fully saturated rings. The Morgan fingerprint density at radius 1 is 1.19 bits per heavy atom. The second-order valence-corrected chi connectivity index (χ2v) is 10.9. The molecule has 1 N–H and O–H groups in total. The predicted octanol–water partition coefficient (Wildman–Crippen LogP) is 3.29. The number of hydrogen-bond acceptors (Lipinski definition) is 6. The van der Waals surface area contributed by atoms with Crippen LogP contribution in [0.15, 0.2) is 48.5 Å². The van der Waals surface area contributed by atoms with Crippen LogP contribution in [0.1, 0.15) is 41.3 Å². The number of anilines is 1. The highest BCUT2D eigenvalue weighted by molar-refractivity contribution is 7.90. The minimum atomic E-state index is -3.09. The van der Waals surface area contributed by atoms with Gasteiger partial charge >= 0.3 is 0 Å². The van der Waals surface area contributed by atoms with E-state index < -0.39 is 15.4 Å². The molecule has 0 bridgehead atoms. The third-order valence-corrected chi connectivity index (χ3v) is 7.19. The van der Waals surface area contributed by atoms with Crippen LogP contribution in [0.2, 0.25) is 0 Å². The molecule has 4 rings (SSSR count). The van der Waals surface area contributed by atoms with Crippen molar-refractivity contribution < 1.29 is 22.7 Å². The molecule has 0 aliphatic carbocycles. The van der Waals surface area contributed by atoms with Gasteiger partial charge in [0.1, 0.15) is 21.2 Å². The third kappa shape index (κ3) is 5.07. The lowest BCUT2D eigenvalue weighted by Gasteiger charge is -2.46. The highest BCUT2D eigenvalue weighted by Crippen LogP contribution is 2.45. The number of carbonyl (C=O) groups excluding carboxylic acids is 1. The van der Waals surface area contributed by atoms with Gasteiger partial charge in [0.15, 0.2) is 0 Å². The Balaban J connectivity index is 1.46. The molecule has 2 aromatic carbocycles. The molecule has 2 aromatic rings. The van der Waals surface area contributed by atoms with Crippen LogP contribution in [-0.4, -0.2) is 63.6 Å². The second kappa shape index (κ2) is 9.11. The van der Waals surface area contributed by atoms with Gasteiger partial charge in [0.2, 0.25) is 0 Å². The van der Waals surface area contributed by atoms with Crippen LogP contribution in [0.5, 0.6) is 5.75 Å². The van der Waals surface area contributed by atoms with E-state index in [4.69, 9.17) is 9.47 Å². The molecule has 2 aliphatic rings. The highest BCUT2D eigenvalue weighted by atomic mass is 32.2. The second-order valence-electron chi connectivity index (χ2n) is 8.64. The third-order valence-electron chi connectivity index (χ3n) is 6.28. The molecule has 172 valence electrons. The number of nitrogens with one attached hydrogen (secondary N) is 1. The molecular formula is C24H30N2O5S. The van der Waals surface area contributed by atoms with Gasteiger partial charge in [-0.05, 0) is 24.3 Å². The molecule has 0 radical (unpaired) electrons. The molecule has 1 unspecified atom stereocenters. The lowest BCUT2D eigenvalue weighted by Crippen LogP contribution is -2.52. The fraction of sp³-hybridized carbons (Fsp3) is 0.458. The molecule has 8 heteroatoms. The van der Waals surface area contributed by atoms with Crippen molar-refractivity contribution in [2.75, 3.05) is 44.1 Å². The van der Waals surface area contributed by atoms with Gasteiger partial charge in [0, 0.05) is 62.5 Å². The number of carbonyl (C=O) groups is 1. The number of piperidine rings is 1. The molecule has 1 spiro atoms. The number of benzene rings is 2. The fourth-order valence-electron chi connectivity index (χ4n) is 4.47. The molecule has 0 saturated carbocycles. The molecule has 32 heavy (non-hydrogen) atoms. The van der Waals surface area contributed by atoms with Crippen molar-refractivity contribution in [2.24, 2.45) is 0 Å². The summed E-state index contributed by atoms with van der Waals surface area (Å²) >= 11 is 0. The van der Waals surface area contributed by atoms with Crippen LogP contribution in [0.25, 0.3) is 0 Å². The van der Waals surface area contributed by atoms with E-state index in [9.17, 15) is 13.2 Å². The van der Waals surface area contributed by atoms with E-state index in [1.54, 1.807) is 0 Å². The van der Waals surface area contributed by atoms with E-state index in [-0.39, 0.29) is 24.4 Å². The average molecular weight is 459 g/mol. The van der Waals surface area contributed by atoms with Crippen LogP contribution in [0.3, 0.4) is 0 Å². The Kier molecular flexibility index (Phi) is 6.44. The number of sulfone groups is 1. The number of rotatable bonds is 6. The zero-order valence-electron chi connectivity index (χ0n) is 18.5. The minimum Gasteiger partial charge on any atom is -0.487 e. The SMILES string of the molecule is CNc1cccc(C(=O)N2CCC3(CC2)CC(OCCS(C)(=O)=O)c2ccccc2O3)c1. The van der Waals surface area contributed by atoms with Crippen molar-refractivity contribution >= 4 is 21.4 Å². The van der Waals surface area contributed by atoms with E-state index in [0.717, 1.165) is 17.0 Å². The fourth-order valence-corrected chi connectivity index (χ4v) is 4.87. The first-order valence-corrected chi connectivity index (χ1v) is 13.0. The van der Waals surface area contributed by atoms with Gasteiger partial charge in [-0.2, -0.15) is 0 Å². The Morgan fingerprint density at radius 2 is 1.94 bits per heavy atom. The van der Waals surface area contributed by atoms with E-state index in [1.165, 1.54) is 6.26 Å². The van der Waals surface area contributed by atoms with Crippen molar-refractivity contribution in [2.45, 2.75) is 31.0 Å². The summed E-state index contributed by atoms with van der Waals surface area (Å²) in [6.07, 6.45) is 3.03. The first kappa shape index (κ1) is 22.6. The monoisotopic (exact) mass is 458 g/mol. The Hall–Kier alpha value is -2.58. The summed E-state index contributed by atoms with van der Waals surface area (Å²) in [5, 5.41) is 3.07. The van der Waals surface area contributed by atoms with Crippen LogP contribution < -0.4 is 10.1 Å². The number of nitrogens with zero attached hydrogens (tertiary/aromatic N) is 1. The topological polar surface area (TPSA) is 84.9 Å². The van der Waals surface area contributed by atoms with Gasteiger partial charge in [-0.3, -0.25) is 4.79 Å². The van der Waals surface area contributed by atoms with E-state index in [0.29, 0.717) is 37.9 Å². The van der Waals surface area contributed by atoms with Gasteiger partial charge in [-0.15, -0.1) is 0 Å². The molecule has 1 amide bonds. The summed E-state index contributed by atoms with van der Waals surface area (Å²) in [5.74, 6) is 0.798. The number of para-hydroxylation sites is 1. The Bertz CT molecular complexity index is 1080. The lowest BCUT2D eigenvalue weighted by atomic mass is 9.81. The molecule has 2 aliphatic heterocycles. The van der Waals surface area contributed by atoms with Gasteiger partial charge in [0.25, 0.3) is 5.91 Å². The standard InChI is InChI=1S/C24H30N2O5S/c1-25-19-7-5-6-18(16-19)23(27)26-12-10-24(11-13-26)17-22(30-14-15-32(2,28)29)20-8-3-4-9-21(20)31-24/h3-9,16,22,25H,10-15,17H2,1-2H3. The Labute approximate surface area is 189 Å². The van der Waals surface area contributed by atoms with Crippen LogP contribution in [0.4, 0.5) is 5.69 Å². The van der Waals surface area contributed by atoms with E-state index in [2.05, 4.69) is 5.32 Å². The van der Waals surface area contributed by atoms with Gasteiger partial charge in [0.05, 0.1) is 18.5 Å². The number of ether oxygens (including phenoxy) is 2. The maximum absolute atomic E-state index is 13.0. The predicted molar refractivity (Wildman–Crippen MR) is 124 cm³/mol. The number of fused-ring (bicyclic) bond motifs is 1. The van der Waals surface area contributed by atoms with Crippen molar-refractivity contribution in [3.8, 4) is 5.75 Å². The normalized spacial score (nSPS) is 19.8. The van der Waals surface area contributed by atoms with E-state index >= 15 is 0 Å². The smallest absolute Gasteiger partial charge is 0.253 e. The summed E-state index contributed by atoms with van der Waals surface area (Å²) in [6, 6.07) is 15.3. The van der Waals surface area contributed by atoms with Crippen molar-refractivity contribution in [3.63, 3.8) is 0 Å². The number of amides is 1. The maximum atomic E-state index is 13.0. The highest BCUT2D eigenvalue weighted by Gasteiger charge is 2.44. The zero-order chi connectivity index (χ0) is 22.8. The maximum Gasteiger partial charge on any atom is 0.253 e. The molecule has 2 heterocycles. The van der Waals surface area contributed by atoms with Crippen LogP contribution in [-0.2, 0) is 14.6 Å². The van der Waals surface area contributed by atoms with Gasteiger partial charge < -0.3 is 19.7 Å². The molecule has 0 aromatic heterocycles. The number of hydrogen-bond donors (Lipinski definition) is 1. The molecule has 1 atom stereocenters. The van der Waals surface area contributed by atoms with Crippen LogP contribution >= 0.6 is 0 Å². The van der Waals surface area contributed by atoms with Crippen molar-refractivity contribution in [1.82, 2.24) is 4.90 Å². The van der Waals surface area contributed by atoms with Gasteiger partial charge in [-0.25, -0.2) is 8.42 Å². The molecule has 1 saturated heterocycles. The number of likely N-dealkylation sites (tertiary alicyclic amines) is 1. The summed E-state index contributed by atoms with van der Waals surface area (Å²) in [5.41, 5.74) is 2.11. The summed E-state index contributed by atoms with van der Waals surface area (Å²) in [4.78, 5) is 14.9. The Morgan fingerprint density at radius 3 is 2.66 bits per heavy atom. The summed E-state index contributed by atoms with van der Waals surface area (Å²) in [6.45, 7) is 1.35. The van der Waals surface area contributed by atoms with Gasteiger partial charge in [-0.1, -0.05) is 24.3 Å². The summed E-state index contributed by atoms with van der Waals surface area (Å²) in [7, 11) is -1.25. The molecule has 7 nitrogen and oxygen atoms in total. The summed E-state index contributed by atoms with van der Waals surface area (Å²) < 4.78 is 35.5.